The molecule has 0 bridgehead atoms. The van der Waals surface area contributed by atoms with E-state index in [9.17, 15) is 0 Å². The van der Waals surface area contributed by atoms with Gasteiger partial charge in [0.15, 0.2) is 11.6 Å². The predicted molar refractivity (Wildman–Crippen MR) is 126 cm³/mol. The Labute approximate surface area is 184 Å². The third kappa shape index (κ3) is 3.25. The van der Waals surface area contributed by atoms with Gasteiger partial charge < -0.3 is 15.0 Å². The number of nitrogens with zero attached hydrogens (tertiary/aromatic N) is 4. The lowest BCUT2D eigenvalue weighted by molar-refractivity contribution is 0.122. The van der Waals surface area contributed by atoms with Crippen molar-refractivity contribution < 1.29 is 4.74 Å². The van der Waals surface area contributed by atoms with E-state index >= 15 is 0 Å². The molecular weight excluding hydrogens is 406 g/mol. The summed E-state index contributed by atoms with van der Waals surface area (Å²) in [6, 6.07) is 12.7. The van der Waals surface area contributed by atoms with Crippen molar-refractivity contribution in [3.05, 3.63) is 53.7 Å². The molecule has 2 aliphatic heterocycles. The fourth-order valence-electron chi connectivity index (χ4n) is 4.35. The van der Waals surface area contributed by atoms with E-state index in [-0.39, 0.29) is 0 Å². The average molecular weight is 430 g/mol. The Hall–Kier alpha value is -3.03. The Morgan fingerprint density at radius 2 is 1.90 bits per heavy atom. The Kier molecular flexibility index (Phi) is 4.58. The summed E-state index contributed by atoms with van der Waals surface area (Å²) in [4.78, 5) is 18.3. The molecule has 0 amide bonds. The fraction of sp³-hybridized carbons (Fsp3) is 0.292. The first kappa shape index (κ1) is 18.7. The molecule has 1 aromatic carbocycles. The van der Waals surface area contributed by atoms with Gasteiger partial charge in [-0.05, 0) is 36.1 Å². The number of hydrogen-bond donors (Lipinski definition) is 1. The van der Waals surface area contributed by atoms with E-state index < -0.39 is 0 Å². The van der Waals surface area contributed by atoms with E-state index in [2.05, 4.69) is 58.5 Å². The smallest absolute Gasteiger partial charge is 0.163 e. The zero-order valence-electron chi connectivity index (χ0n) is 17.4. The molecule has 1 saturated heterocycles. The molecule has 3 aromatic heterocycles. The van der Waals surface area contributed by atoms with Crippen LogP contribution in [-0.4, -0.2) is 47.8 Å². The topological polar surface area (TPSA) is 63.2 Å². The molecule has 2 aliphatic rings. The van der Waals surface area contributed by atoms with E-state index in [1.807, 2.05) is 6.20 Å². The van der Waals surface area contributed by atoms with Gasteiger partial charge in [0.25, 0.3) is 0 Å². The van der Waals surface area contributed by atoms with Crippen LogP contribution in [0.3, 0.4) is 0 Å². The first-order chi connectivity index (χ1) is 15.3. The standard InChI is InChI=1S/C24H23N5OS/c1-15-19-21(31-20(15)16-5-3-2-4-6-16)24(29-9-11-30-12-10-29)28-23(27-19)18-13-17-7-8-25-22(17)26-14-18/h2-6,13-14H,7-12H2,1H3,(H,25,26). The number of aromatic nitrogens is 3. The molecule has 156 valence electrons. The summed E-state index contributed by atoms with van der Waals surface area (Å²) in [5.41, 5.74) is 5.68. The average Bonchev–Trinajstić information content (AvgIpc) is 3.43. The summed E-state index contributed by atoms with van der Waals surface area (Å²) in [6.45, 7) is 6.25. The highest BCUT2D eigenvalue weighted by atomic mass is 32.1. The lowest BCUT2D eigenvalue weighted by atomic mass is 10.1. The van der Waals surface area contributed by atoms with Gasteiger partial charge in [0, 0.05) is 36.3 Å². The summed E-state index contributed by atoms with van der Waals surface area (Å²) in [5, 5.41) is 3.33. The first-order valence-electron chi connectivity index (χ1n) is 10.7. The van der Waals surface area contributed by atoms with Crippen molar-refractivity contribution in [1.82, 2.24) is 15.0 Å². The molecule has 6 rings (SSSR count). The molecule has 7 heteroatoms. The van der Waals surface area contributed by atoms with Crippen LogP contribution in [0, 0.1) is 6.92 Å². The number of aryl methyl sites for hydroxylation is 1. The molecule has 31 heavy (non-hydrogen) atoms. The Bertz CT molecular complexity index is 1260. The van der Waals surface area contributed by atoms with Crippen molar-refractivity contribution in [3.63, 3.8) is 0 Å². The lowest BCUT2D eigenvalue weighted by Gasteiger charge is -2.28. The molecule has 0 radical (unpaired) electrons. The molecule has 4 aromatic rings. The SMILES string of the molecule is Cc1c(-c2ccccc2)sc2c(N3CCOCC3)nc(-c3cnc4c(c3)CCN4)nc12. The van der Waals surface area contributed by atoms with Crippen LogP contribution in [0.4, 0.5) is 11.6 Å². The molecule has 0 unspecified atom stereocenters. The van der Waals surface area contributed by atoms with Gasteiger partial charge in [-0.3, -0.25) is 0 Å². The molecule has 0 aliphatic carbocycles. The largest absolute Gasteiger partial charge is 0.378 e. The maximum Gasteiger partial charge on any atom is 0.163 e. The van der Waals surface area contributed by atoms with Crippen LogP contribution in [0.25, 0.3) is 32.0 Å². The van der Waals surface area contributed by atoms with Crippen LogP contribution in [0.1, 0.15) is 11.1 Å². The number of fused-ring (bicyclic) bond motifs is 2. The minimum Gasteiger partial charge on any atom is -0.378 e. The zero-order valence-corrected chi connectivity index (χ0v) is 18.2. The van der Waals surface area contributed by atoms with Crippen LogP contribution in [-0.2, 0) is 11.2 Å². The summed E-state index contributed by atoms with van der Waals surface area (Å²) in [6.07, 6.45) is 2.88. The number of pyridine rings is 1. The van der Waals surface area contributed by atoms with E-state index in [0.29, 0.717) is 0 Å². The highest BCUT2D eigenvalue weighted by molar-refractivity contribution is 7.23. The molecule has 6 nitrogen and oxygen atoms in total. The lowest BCUT2D eigenvalue weighted by Crippen LogP contribution is -2.36. The van der Waals surface area contributed by atoms with Gasteiger partial charge in [-0.25, -0.2) is 15.0 Å². The quantitative estimate of drug-likeness (QED) is 0.516. The molecule has 1 fully saturated rings. The van der Waals surface area contributed by atoms with Crippen LogP contribution < -0.4 is 10.2 Å². The third-order valence-electron chi connectivity index (χ3n) is 6.01. The van der Waals surface area contributed by atoms with Crippen LogP contribution >= 0.6 is 11.3 Å². The maximum absolute atomic E-state index is 5.60. The van der Waals surface area contributed by atoms with E-state index in [0.717, 1.165) is 72.5 Å². The summed E-state index contributed by atoms with van der Waals surface area (Å²) >= 11 is 1.79. The second-order valence-corrected chi connectivity index (χ2v) is 9.00. The number of anilines is 2. The highest BCUT2D eigenvalue weighted by Gasteiger charge is 2.23. The van der Waals surface area contributed by atoms with E-state index in [1.54, 1.807) is 11.3 Å². The Balaban J connectivity index is 1.56. The normalized spacial score (nSPS) is 15.8. The Morgan fingerprint density at radius 3 is 2.74 bits per heavy atom. The molecular formula is C24H23N5OS. The van der Waals surface area contributed by atoms with Crippen molar-refractivity contribution >= 4 is 33.2 Å². The van der Waals surface area contributed by atoms with Gasteiger partial charge in [-0.2, -0.15) is 0 Å². The first-order valence-corrected chi connectivity index (χ1v) is 11.5. The van der Waals surface area contributed by atoms with Gasteiger partial charge in [-0.1, -0.05) is 30.3 Å². The van der Waals surface area contributed by atoms with Crippen molar-refractivity contribution in [2.45, 2.75) is 13.3 Å². The summed E-state index contributed by atoms with van der Waals surface area (Å²) in [7, 11) is 0. The van der Waals surface area contributed by atoms with Gasteiger partial charge in [0.1, 0.15) is 5.82 Å². The molecule has 1 N–H and O–H groups in total. The number of nitrogens with one attached hydrogen (secondary N) is 1. The predicted octanol–water partition coefficient (Wildman–Crippen LogP) is 4.53. The number of thiophene rings is 1. The van der Waals surface area contributed by atoms with E-state index in [1.165, 1.54) is 21.6 Å². The van der Waals surface area contributed by atoms with Crippen molar-refractivity contribution in [2.75, 3.05) is 43.1 Å². The van der Waals surface area contributed by atoms with Gasteiger partial charge in [0.2, 0.25) is 0 Å². The van der Waals surface area contributed by atoms with Crippen LogP contribution in [0.15, 0.2) is 42.6 Å². The van der Waals surface area contributed by atoms with Crippen molar-refractivity contribution in [3.8, 4) is 21.8 Å². The highest BCUT2D eigenvalue weighted by Crippen LogP contribution is 2.42. The monoisotopic (exact) mass is 429 g/mol. The van der Waals surface area contributed by atoms with E-state index in [4.69, 9.17) is 14.7 Å². The van der Waals surface area contributed by atoms with Crippen molar-refractivity contribution in [1.29, 1.82) is 0 Å². The number of hydrogen-bond acceptors (Lipinski definition) is 7. The maximum atomic E-state index is 5.60. The molecule has 0 spiro atoms. The zero-order chi connectivity index (χ0) is 20.8. The summed E-state index contributed by atoms with van der Waals surface area (Å²) < 4.78 is 6.75. The third-order valence-corrected chi connectivity index (χ3v) is 7.33. The van der Waals surface area contributed by atoms with Crippen LogP contribution in [0.2, 0.25) is 0 Å². The van der Waals surface area contributed by atoms with Crippen LogP contribution in [0.5, 0.6) is 0 Å². The second-order valence-electron chi connectivity index (χ2n) is 7.98. The Morgan fingerprint density at radius 1 is 1.06 bits per heavy atom. The number of benzene rings is 1. The van der Waals surface area contributed by atoms with Gasteiger partial charge in [-0.15, -0.1) is 11.3 Å². The van der Waals surface area contributed by atoms with Gasteiger partial charge >= 0.3 is 0 Å². The van der Waals surface area contributed by atoms with Gasteiger partial charge in [0.05, 0.1) is 23.4 Å². The number of rotatable bonds is 3. The molecule has 0 atom stereocenters. The second kappa shape index (κ2) is 7.59. The van der Waals surface area contributed by atoms with Crippen molar-refractivity contribution in [2.24, 2.45) is 0 Å². The minimum atomic E-state index is 0.725. The molecule has 0 saturated carbocycles. The summed E-state index contributed by atoms with van der Waals surface area (Å²) in [5.74, 6) is 2.74. The number of ether oxygens (including phenoxy) is 1. The fourth-order valence-corrected chi connectivity index (χ4v) is 5.62. The number of morpholine rings is 1. The molecule has 5 heterocycles. The minimum absolute atomic E-state index is 0.725.